The monoisotopic (exact) mass is 475 g/mol. The molecule has 7 nitrogen and oxygen atoms in total. The lowest BCUT2D eigenvalue weighted by Crippen LogP contribution is -2.42. The van der Waals surface area contributed by atoms with E-state index in [1.807, 2.05) is 48.5 Å². The van der Waals surface area contributed by atoms with Crippen molar-refractivity contribution in [2.24, 2.45) is 0 Å². The molecule has 164 valence electrons. The van der Waals surface area contributed by atoms with E-state index in [0.717, 1.165) is 38.5 Å². The standard InChI is InChI=1S/C24H17N3O4S2/c28-22(14-31-16-11-9-15(10-12-16)13-21-23(29)25-24(30)33-21)26-27-17-5-1-3-7-19(17)32-20-8-4-2-6-18(20)27/h1-13H,14H2,(H,26,28)(H,25,29,30)/b21-13-. The molecule has 1 fully saturated rings. The molecule has 2 N–H and O–H groups in total. The minimum absolute atomic E-state index is 0.166. The number of benzene rings is 3. The number of hydrogen-bond acceptors (Lipinski definition) is 7. The van der Waals surface area contributed by atoms with Crippen LogP contribution in [0.4, 0.5) is 16.2 Å². The third-order valence-electron chi connectivity index (χ3n) is 4.86. The molecule has 0 aromatic heterocycles. The maximum Gasteiger partial charge on any atom is 0.290 e. The molecular formula is C24H17N3O4S2. The van der Waals surface area contributed by atoms with E-state index < -0.39 is 5.91 Å². The summed E-state index contributed by atoms with van der Waals surface area (Å²) in [5, 5.41) is 3.63. The van der Waals surface area contributed by atoms with Crippen LogP contribution in [0, 0.1) is 0 Å². The van der Waals surface area contributed by atoms with E-state index in [9.17, 15) is 14.4 Å². The fourth-order valence-corrected chi connectivity index (χ4v) is 5.10. The van der Waals surface area contributed by atoms with Gasteiger partial charge in [-0.2, -0.15) is 0 Å². The first-order valence-corrected chi connectivity index (χ1v) is 11.6. The predicted molar refractivity (Wildman–Crippen MR) is 128 cm³/mol. The maximum atomic E-state index is 12.7. The second-order valence-corrected chi connectivity index (χ2v) is 9.22. The molecule has 0 aliphatic carbocycles. The highest BCUT2D eigenvalue weighted by atomic mass is 32.2. The molecule has 9 heteroatoms. The van der Waals surface area contributed by atoms with Gasteiger partial charge in [-0.1, -0.05) is 48.2 Å². The van der Waals surface area contributed by atoms with Crippen molar-refractivity contribution >= 4 is 58.0 Å². The number of para-hydroxylation sites is 2. The first kappa shape index (κ1) is 21.2. The molecule has 0 atom stereocenters. The van der Waals surface area contributed by atoms with Gasteiger partial charge in [0.25, 0.3) is 17.1 Å². The minimum Gasteiger partial charge on any atom is -0.484 e. The van der Waals surface area contributed by atoms with Crippen LogP contribution < -0.4 is 20.5 Å². The second kappa shape index (κ2) is 9.05. The summed E-state index contributed by atoms with van der Waals surface area (Å²) in [7, 11) is 0. The average molecular weight is 476 g/mol. The largest absolute Gasteiger partial charge is 0.484 e. The lowest BCUT2D eigenvalue weighted by atomic mass is 10.2. The summed E-state index contributed by atoms with van der Waals surface area (Å²) in [6.07, 6.45) is 1.63. The van der Waals surface area contributed by atoms with Gasteiger partial charge in [0.05, 0.1) is 16.3 Å². The van der Waals surface area contributed by atoms with Gasteiger partial charge in [0.2, 0.25) is 0 Å². The Balaban J connectivity index is 1.24. The van der Waals surface area contributed by atoms with Gasteiger partial charge >= 0.3 is 0 Å². The first-order chi connectivity index (χ1) is 16.1. The van der Waals surface area contributed by atoms with Crippen LogP contribution in [0.15, 0.2) is 87.5 Å². The molecule has 0 radical (unpaired) electrons. The Hall–Kier alpha value is -3.69. The van der Waals surface area contributed by atoms with Gasteiger partial charge in [0, 0.05) is 9.79 Å². The number of amides is 3. The molecule has 2 aliphatic heterocycles. The van der Waals surface area contributed by atoms with Gasteiger partial charge in [-0.15, -0.1) is 0 Å². The molecule has 0 bridgehead atoms. The zero-order valence-corrected chi connectivity index (χ0v) is 18.7. The second-order valence-electron chi connectivity index (χ2n) is 7.12. The van der Waals surface area contributed by atoms with Crippen LogP contribution in [0.25, 0.3) is 6.08 Å². The third kappa shape index (κ3) is 4.59. The van der Waals surface area contributed by atoms with E-state index in [-0.39, 0.29) is 17.8 Å². The fourth-order valence-electron chi connectivity index (χ4n) is 3.36. The van der Waals surface area contributed by atoms with Gasteiger partial charge in [0.1, 0.15) is 5.75 Å². The van der Waals surface area contributed by atoms with Gasteiger partial charge in [0.15, 0.2) is 6.61 Å². The number of anilines is 2. The van der Waals surface area contributed by atoms with Crippen molar-refractivity contribution < 1.29 is 19.1 Å². The summed E-state index contributed by atoms with van der Waals surface area (Å²) in [6, 6.07) is 22.7. The zero-order valence-electron chi connectivity index (χ0n) is 17.1. The quantitative estimate of drug-likeness (QED) is 0.516. The molecule has 33 heavy (non-hydrogen) atoms. The molecule has 0 saturated carbocycles. The van der Waals surface area contributed by atoms with Crippen molar-refractivity contribution in [3.63, 3.8) is 0 Å². The van der Waals surface area contributed by atoms with Crippen molar-refractivity contribution in [1.82, 2.24) is 10.7 Å². The number of carbonyl (C=O) groups excluding carboxylic acids is 3. The smallest absolute Gasteiger partial charge is 0.290 e. The van der Waals surface area contributed by atoms with E-state index in [4.69, 9.17) is 4.74 Å². The van der Waals surface area contributed by atoms with Gasteiger partial charge in [-0.25, -0.2) is 0 Å². The van der Waals surface area contributed by atoms with Crippen LogP contribution in [-0.2, 0) is 9.59 Å². The zero-order chi connectivity index (χ0) is 22.8. The molecule has 3 aromatic rings. The lowest BCUT2D eigenvalue weighted by molar-refractivity contribution is -0.123. The first-order valence-electron chi connectivity index (χ1n) is 10.00. The number of rotatable bonds is 5. The molecule has 5 rings (SSSR count). The van der Waals surface area contributed by atoms with Crippen molar-refractivity contribution in [2.45, 2.75) is 9.79 Å². The summed E-state index contributed by atoms with van der Waals surface area (Å²) < 4.78 is 5.65. The number of nitrogens with zero attached hydrogens (tertiary/aromatic N) is 1. The van der Waals surface area contributed by atoms with E-state index in [2.05, 4.69) is 10.7 Å². The van der Waals surface area contributed by atoms with Crippen LogP contribution in [0.3, 0.4) is 0 Å². The Labute approximate surface area is 198 Å². The SMILES string of the molecule is O=C(COc1ccc(/C=C2\SC(=O)NC2=O)cc1)NN1c2ccccc2Sc2ccccc21. The Kier molecular flexibility index (Phi) is 5.80. The van der Waals surface area contributed by atoms with Crippen LogP contribution in [0.5, 0.6) is 5.75 Å². The van der Waals surface area contributed by atoms with E-state index >= 15 is 0 Å². The number of thioether (sulfide) groups is 1. The maximum absolute atomic E-state index is 12.7. The van der Waals surface area contributed by atoms with Crippen LogP contribution in [0.2, 0.25) is 0 Å². The number of ether oxygens (including phenoxy) is 1. The topological polar surface area (TPSA) is 87.7 Å². The highest BCUT2D eigenvalue weighted by Gasteiger charge is 2.25. The normalized spacial score (nSPS) is 15.6. The molecule has 2 heterocycles. The Morgan fingerprint density at radius 3 is 2.15 bits per heavy atom. The highest BCUT2D eigenvalue weighted by molar-refractivity contribution is 8.18. The van der Waals surface area contributed by atoms with Crippen molar-refractivity contribution in [2.75, 3.05) is 11.6 Å². The molecule has 3 amide bonds. The summed E-state index contributed by atoms with van der Waals surface area (Å²) >= 11 is 2.53. The Morgan fingerprint density at radius 2 is 1.55 bits per heavy atom. The number of hydrogen-bond donors (Lipinski definition) is 2. The van der Waals surface area contributed by atoms with Crippen molar-refractivity contribution in [3.8, 4) is 5.75 Å². The summed E-state index contributed by atoms with van der Waals surface area (Å²) in [5.74, 6) is -0.182. The summed E-state index contributed by atoms with van der Waals surface area (Å²) in [5.41, 5.74) is 5.49. The minimum atomic E-state index is -0.402. The van der Waals surface area contributed by atoms with E-state index in [1.165, 1.54) is 0 Å². The van der Waals surface area contributed by atoms with Crippen molar-refractivity contribution in [1.29, 1.82) is 0 Å². The summed E-state index contributed by atoms with van der Waals surface area (Å²) in [4.78, 5) is 38.1. The van der Waals surface area contributed by atoms with E-state index in [1.54, 1.807) is 47.1 Å². The van der Waals surface area contributed by atoms with Crippen LogP contribution in [-0.4, -0.2) is 23.7 Å². The number of fused-ring (bicyclic) bond motifs is 2. The fraction of sp³-hybridized carbons (Fsp3) is 0.0417. The number of carbonyl (C=O) groups is 3. The highest BCUT2D eigenvalue weighted by Crippen LogP contribution is 2.46. The molecule has 2 aliphatic rings. The average Bonchev–Trinajstić information content (AvgIpc) is 3.14. The predicted octanol–water partition coefficient (Wildman–Crippen LogP) is 4.72. The molecule has 0 unspecified atom stereocenters. The van der Waals surface area contributed by atoms with Crippen LogP contribution >= 0.6 is 23.5 Å². The van der Waals surface area contributed by atoms with E-state index in [0.29, 0.717) is 10.7 Å². The Morgan fingerprint density at radius 1 is 0.909 bits per heavy atom. The third-order valence-corrected chi connectivity index (χ3v) is 6.80. The number of hydrazine groups is 1. The molecule has 1 saturated heterocycles. The number of imide groups is 1. The van der Waals surface area contributed by atoms with Gasteiger partial charge < -0.3 is 4.74 Å². The number of nitrogens with one attached hydrogen (secondary N) is 2. The van der Waals surface area contributed by atoms with Crippen LogP contribution in [0.1, 0.15) is 5.56 Å². The van der Waals surface area contributed by atoms with Crippen molar-refractivity contribution in [3.05, 3.63) is 83.3 Å². The Bertz CT molecular complexity index is 1250. The summed E-state index contributed by atoms with van der Waals surface area (Å²) in [6.45, 7) is -0.166. The molecular weight excluding hydrogens is 458 g/mol. The van der Waals surface area contributed by atoms with Gasteiger partial charge in [-0.05, 0) is 59.8 Å². The lowest BCUT2D eigenvalue weighted by Gasteiger charge is -2.32. The molecule has 3 aromatic carbocycles. The molecule has 0 spiro atoms. The van der Waals surface area contributed by atoms with Gasteiger partial charge in [-0.3, -0.25) is 30.1 Å².